The molecule has 3 nitrogen and oxygen atoms in total. The van der Waals surface area contributed by atoms with Crippen LogP contribution in [0.2, 0.25) is 5.02 Å². The number of fused-ring (bicyclic) bond motifs is 1. The van der Waals surface area contributed by atoms with E-state index in [0.29, 0.717) is 22.2 Å². The monoisotopic (exact) mass is 336 g/mol. The van der Waals surface area contributed by atoms with Crippen molar-refractivity contribution in [2.45, 2.75) is 6.92 Å². The number of hydrogen-bond donors (Lipinski definition) is 1. The Morgan fingerprint density at radius 1 is 1.32 bits per heavy atom. The van der Waals surface area contributed by atoms with Crippen LogP contribution in [-0.2, 0) is 0 Å². The molecule has 0 atom stereocenters. The van der Waals surface area contributed by atoms with Crippen molar-refractivity contribution >= 4 is 44.3 Å². The predicted molar refractivity (Wildman–Crippen MR) is 81.3 cm³/mol. The van der Waals surface area contributed by atoms with Crippen LogP contribution in [0.5, 0.6) is 0 Å². The number of hydrogen-bond acceptors (Lipinski definition) is 3. The Morgan fingerprint density at radius 2 is 2.11 bits per heavy atom. The van der Waals surface area contributed by atoms with E-state index in [9.17, 15) is 0 Å². The van der Waals surface area contributed by atoms with Gasteiger partial charge < -0.3 is 10.2 Å². The smallest absolute Gasteiger partial charge is 0.227 e. The van der Waals surface area contributed by atoms with Gasteiger partial charge in [0, 0.05) is 15.1 Å². The molecule has 0 aliphatic carbocycles. The van der Waals surface area contributed by atoms with Crippen LogP contribution in [0.25, 0.3) is 22.6 Å². The van der Waals surface area contributed by atoms with Crippen LogP contribution < -0.4 is 5.73 Å². The molecule has 3 rings (SSSR count). The summed E-state index contributed by atoms with van der Waals surface area (Å²) >= 11 is 9.51. The zero-order chi connectivity index (χ0) is 13.6. The minimum atomic E-state index is 0.528. The van der Waals surface area contributed by atoms with E-state index in [-0.39, 0.29) is 0 Å². The molecule has 0 saturated heterocycles. The van der Waals surface area contributed by atoms with Crippen molar-refractivity contribution in [3.8, 4) is 11.5 Å². The fraction of sp³-hybridized carbons (Fsp3) is 0.0714. The number of anilines is 1. The summed E-state index contributed by atoms with van der Waals surface area (Å²) in [7, 11) is 0. The van der Waals surface area contributed by atoms with Gasteiger partial charge in [0.1, 0.15) is 5.52 Å². The lowest BCUT2D eigenvalue weighted by Crippen LogP contribution is -1.84. The van der Waals surface area contributed by atoms with Crippen LogP contribution in [0.15, 0.2) is 39.2 Å². The highest BCUT2D eigenvalue weighted by atomic mass is 79.9. The lowest BCUT2D eigenvalue weighted by atomic mass is 10.1. The highest BCUT2D eigenvalue weighted by Gasteiger charge is 2.14. The van der Waals surface area contributed by atoms with E-state index >= 15 is 0 Å². The van der Waals surface area contributed by atoms with E-state index in [2.05, 4.69) is 20.9 Å². The highest BCUT2D eigenvalue weighted by Crippen LogP contribution is 2.33. The second-order valence-corrected chi connectivity index (χ2v) is 5.60. The first-order valence-corrected chi connectivity index (χ1v) is 6.84. The normalized spacial score (nSPS) is 11.1. The van der Waals surface area contributed by atoms with Gasteiger partial charge in [0.25, 0.3) is 0 Å². The summed E-state index contributed by atoms with van der Waals surface area (Å²) in [4.78, 5) is 4.47. The molecule has 2 aromatic carbocycles. The summed E-state index contributed by atoms with van der Waals surface area (Å²) in [6.45, 7) is 1.94. The highest BCUT2D eigenvalue weighted by molar-refractivity contribution is 9.10. The molecule has 1 aromatic heterocycles. The number of benzene rings is 2. The second-order valence-electron chi connectivity index (χ2n) is 4.27. The van der Waals surface area contributed by atoms with Crippen LogP contribution in [0.4, 0.5) is 5.69 Å². The average molecular weight is 338 g/mol. The molecular weight excluding hydrogens is 328 g/mol. The van der Waals surface area contributed by atoms with E-state index in [0.717, 1.165) is 21.1 Å². The largest absolute Gasteiger partial charge is 0.434 e. The summed E-state index contributed by atoms with van der Waals surface area (Å²) in [6.07, 6.45) is 0. The number of halogens is 2. The summed E-state index contributed by atoms with van der Waals surface area (Å²) in [5, 5.41) is 0.689. The molecule has 0 saturated carbocycles. The first-order valence-electron chi connectivity index (χ1n) is 5.67. The predicted octanol–water partition coefficient (Wildman–Crippen LogP) is 4.80. The molecule has 2 N–H and O–H groups in total. The van der Waals surface area contributed by atoms with Gasteiger partial charge in [-0.05, 0) is 36.8 Å². The van der Waals surface area contributed by atoms with Gasteiger partial charge in [0.2, 0.25) is 5.89 Å². The van der Waals surface area contributed by atoms with Gasteiger partial charge in [-0.25, -0.2) is 4.98 Å². The molecule has 1 heterocycles. The number of nitrogens with two attached hydrogens (primary N) is 1. The maximum absolute atomic E-state index is 6.12. The van der Waals surface area contributed by atoms with Crippen LogP contribution in [-0.4, -0.2) is 4.98 Å². The molecule has 0 aliphatic rings. The molecule has 0 aliphatic heterocycles. The Labute approximate surface area is 123 Å². The van der Waals surface area contributed by atoms with Crippen molar-refractivity contribution in [2.75, 3.05) is 5.73 Å². The Morgan fingerprint density at radius 3 is 2.89 bits per heavy atom. The van der Waals surface area contributed by atoms with Gasteiger partial charge in [-0.15, -0.1) is 0 Å². The van der Waals surface area contributed by atoms with Gasteiger partial charge in [-0.3, -0.25) is 0 Å². The van der Waals surface area contributed by atoms with Crippen molar-refractivity contribution in [1.82, 2.24) is 4.98 Å². The standard InChI is InChI=1S/C14H10BrClN2O/c1-7-9(3-2-4-10(7)16)14-18-12-6-8(15)5-11(17)13(12)19-14/h2-6H,17H2,1H3. The summed E-state index contributed by atoms with van der Waals surface area (Å²) < 4.78 is 6.64. The Balaban J connectivity index is 2.26. The molecule has 0 bridgehead atoms. The van der Waals surface area contributed by atoms with E-state index < -0.39 is 0 Å². The number of oxazole rings is 1. The third kappa shape index (κ3) is 2.11. The molecular formula is C14H10BrClN2O. The fourth-order valence-corrected chi connectivity index (χ4v) is 2.62. The maximum atomic E-state index is 6.12. The minimum absolute atomic E-state index is 0.528. The molecule has 0 radical (unpaired) electrons. The zero-order valence-corrected chi connectivity index (χ0v) is 12.4. The third-order valence-corrected chi connectivity index (χ3v) is 3.85. The van der Waals surface area contributed by atoms with Crippen molar-refractivity contribution in [3.05, 3.63) is 45.4 Å². The number of aromatic nitrogens is 1. The molecule has 0 spiro atoms. The van der Waals surface area contributed by atoms with Gasteiger partial charge in [0.05, 0.1) is 5.69 Å². The first kappa shape index (κ1) is 12.5. The Hall–Kier alpha value is -1.52. The van der Waals surface area contributed by atoms with E-state index in [1.54, 1.807) is 6.07 Å². The number of nitrogen functional groups attached to an aromatic ring is 1. The SMILES string of the molecule is Cc1c(Cl)cccc1-c1nc2cc(Br)cc(N)c2o1. The van der Waals surface area contributed by atoms with Gasteiger partial charge in [-0.1, -0.05) is 33.6 Å². The summed E-state index contributed by atoms with van der Waals surface area (Å²) in [5.41, 5.74) is 9.62. The Kier molecular flexibility index (Phi) is 2.99. The van der Waals surface area contributed by atoms with E-state index in [1.807, 2.05) is 31.2 Å². The van der Waals surface area contributed by atoms with Crippen molar-refractivity contribution < 1.29 is 4.42 Å². The van der Waals surface area contributed by atoms with Crippen LogP contribution in [0, 0.1) is 6.92 Å². The summed E-state index contributed by atoms with van der Waals surface area (Å²) in [5.74, 6) is 0.528. The van der Waals surface area contributed by atoms with Crippen LogP contribution in [0.3, 0.4) is 0 Å². The van der Waals surface area contributed by atoms with Crippen molar-refractivity contribution in [3.63, 3.8) is 0 Å². The van der Waals surface area contributed by atoms with Gasteiger partial charge in [0.15, 0.2) is 5.58 Å². The minimum Gasteiger partial charge on any atom is -0.434 e. The zero-order valence-electron chi connectivity index (χ0n) is 10.1. The summed E-state index contributed by atoms with van der Waals surface area (Å²) in [6, 6.07) is 9.31. The number of rotatable bonds is 1. The van der Waals surface area contributed by atoms with E-state index in [4.69, 9.17) is 21.8 Å². The quantitative estimate of drug-likeness (QED) is 0.649. The average Bonchev–Trinajstić information content (AvgIpc) is 2.76. The lowest BCUT2D eigenvalue weighted by molar-refractivity contribution is 0.620. The Bertz CT molecular complexity index is 782. The third-order valence-electron chi connectivity index (χ3n) is 2.98. The fourth-order valence-electron chi connectivity index (χ4n) is 1.98. The first-order chi connectivity index (χ1) is 9.06. The van der Waals surface area contributed by atoms with E-state index in [1.165, 1.54) is 0 Å². The topological polar surface area (TPSA) is 52.0 Å². The van der Waals surface area contributed by atoms with Crippen LogP contribution >= 0.6 is 27.5 Å². The lowest BCUT2D eigenvalue weighted by Gasteiger charge is -2.02. The number of nitrogens with zero attached hydrogens (tertiary/aromatic N) is 1. The molecule has 0 amide bonds. The van der Waals surface area contributed by atoms with Gasteiger partial charge in [-0.2, -0.15) is 0 Å². The maximum Gasteiger partial charge on any atom is 0.227 e. The molecule has 19 heavy (non-hydrogen) atoms. The van der Waals surface area contributed by atoms with Crippen LogP contribution in [0.1, 0.15) is 5.56 Å². The second kappa shape index (κ2) is 4.54. The van der Waals surface area contributed by atoms with Gasteiger partial charge >= 0.3 is 0 Å². The van der Waals surface area contributed by atoms with Crippen molar-refractivity contribution in [2.24, 2.45) is 0 Å². The van der Waals surface area contributed by atoms with Crippen molar-refractivity contribution in [1.29, 1.82) is 0 Å². The molecule has 3 aromatic rings. The molecule has 5 heteroatoms. The molecule has 0 fully saturated rings. The molecule has 0 unspecified atom stereocenters. The molecule has 96 valence electrons.